The second kappa shape index (κ2) is 8.25. The number of rotatable bonds is 5. The molecule has 1 rings (SSSR count). The number of halogens is 1. The lowest BCUT2D eigenvalue weighted by Gasteiger charge is -2.06. The number of anilines is 1. The first kappa shape index (κ1) is 15.2. The van der Waals surface area contributed by atoms with Crippen molar-refractivity contribution in [3.05, 3.63) is 29.6 Å². The van der Waals surface area contributed by atoms with Gasteiger partial charge in [0.05, 0.1) is 5.69 Å². The summed E-state index contributed by atoms with van der Waals surface area (Å²) in [6.07, 6.45) is 0.864. The first-order valence-electron chi connectivity index (χ1n) is 5.85. The molecule has 0 fully saturated rings. The lowest BCUT2D eigenvalue weighted by atomic mass is 10.2. The number of hydrogen-bond acceptors (Lipinski definition) is 3. The van der Waals surface area contributed by atoms with E-state index < -0.39 is 5.82 Å². The molecular formula is C14H16FNO3. The van der Waals surface area contributed by atoms with Crippen molar-refractivity contribution in [3.63, 3.8) is 0 Å². The summed E-state index contributed by atoms with van der Waals surface area (Å²) >= 11 is 0. The normalized spacial score (nSPS) is 9.63. The van der Waals surface area contributed by atoms with Crippen LogP contribution in [0.15, 0.2) is 18.2 Å². The van der Waals surface area contributed by atoms with Crippen molar-refractivity contribution in [3.8, 4) is 11.8 Å². The molecule has 19 heavy (non-hydrogen) atoms. The van der Waals surface area contributed by atoms with E-state index in [0.29, 0.717) is 18.6 Å². The van der Waals surface area contributed by atoms with Crippen molar-refractivity contribution in [1.29, 1.82) is 0 Å². The monoisotopic (exact) mass is 265 g/mol. The van der Waals surface area contributed by atoms with Gasteiger partial charge in [0.15, 0.2) is 0 Å². The molecule has 4 nitrogen and oxygen atoms in total. The van der Waals surface area contributed by atoms with E-state index in [2.05, 4.69) is 17.2 Å². The van der Waals surface area contributed by atoms with Gasteiger partial charge in [-0.15, -0.1) is 0 Å². The Bertz CT molecular complexity index is 491. The van der Waals surface area contributed by atoms with Gasteiger partial charge < -0.3 is 15.2 Å². The molecule has 0 saturated heterocycles. The van der Waals surface area contributed by atoms with Crippen LogP contribution in [0, 0.1) is 17.7 Å². The number of carbonyl (C=O) groups excluding carboxylic acids is 1. The molecule has 5 heteroatoms. The van der Waals surface area contributed by atoms with Crippen LogP contribution < -0.4 is 5.32 Å². The molecule has 0 radical (unpaired) electrons. The van der Waals surface area contributed by atoms with Gasteiger partial charge in [0.2, 0.25) is 5.91 Å². The quantitative estimate of drug-likeness (QED) is 0.627. The van der Waals surface area contributed by atoms with Gasteiger partial charge in [0.1, 0.15) is 12.4 Å². The van der Waals surface area contributed by atoms with Crippen LogP contribution in [0.3, 0.4) is 0 Å². The van der Waals surface area contributed by atoms with Gasteiger partial charge >= 0.3 is 0 Å². The van der Waals surface area contributed by atoms with E-state index in [0.717, 1.165) is 0 Å². The molecule has 2 N–H and O–H groups in total. The highest BCUT2D eigenvalue weighted by molar-refractivity contribution is 5.90. The molecular weight excluding hydrogens is 249 g/mol. The maximum absolute atomic E-state index is 13.7. The summed E-state index contributed by atoms with van der Waals surface area (Å²) in [4.78, 5) is 11.5. The van der Waals surface area contributed by atoms with Crippen LogP contribution >= 0.6 is 0 Å². The van der Waals surface area contributed by atoms with Gasteiger partial charge in [0.25, 0.3) is 0 Å². The van der Waals surface area contributed by atoms with Crippen molar-refractivity contribution in [2.45, 2.75) is 12.8 Å². The molecule has 1 amide bonds. The molecule has 0 atom stereocenters. The van der Waals surface area contributed by atoms with Gasteiger partial charge in [0, 0.05) is 25.7 Å². The molecule has 0 saturated carbocycles. The number of carbonyl (C=O) groups is 1. The number of benzene rings is 1. The highest BCUT2D eigenvalue weighted by Crippen LogP contribution is 2.15. The summed E-state index contributed by atoms with van der Waals surface area (Å²) in [6, 6.07) is 4.24. The number of ether oxygens (including phenoxy) is 1. The van der Waals surface area contributed by atoms with Crippen molar-refractivity contribution in [2.24, 2.45) is 0 Å². The highest BCUT2D eigenvalue weighted by atomic mass is 19.1. The third-order valence-electron chi connectivity index (χ3n) is 2.31. The summed E-state index contributed by atoms with van der Waals surface area (Å²) in [6.45, 7) is 0.213. The number of aliphatic hydroxyl groups is 1. The second-order valence-corrected chi connectivity index (χ2v) is 3.80. The molecule has 0 aliphatic heterocycles. The zero-order chi connectivity index (χ0) is 14.1. The van der Waals surface area contributed by atoms with Crippen LogP contribution in [0.2, 0.25) is 0 Å². The molecule has 0 aromatic heterocycles. The van der Waals surface area contributed by atoms with E-state index >= 15 is 0 Å². The van der Waals surface area contributed by atoms with E-state index in [9.17, 15) is 9.18 Å². The van der Waals surface area contributed by atoms with Crippen LogP contribution in [-0.2, 0) is 9.53 Å². The highest BCUT2D eigenvalue weighted by Gasteiger charge is 2.07. The molecule has 0 bridgehead atoms. The maximum atomic E-state index is 13.7. The largest absolute Gasteiger partial charge is 0.385 e. The smallest absolute Gasteiger partial charge is 0.224 e. The Balaban J connectivity index is 2.62. The average Bonchev–Trinajstić information content (AvgIpc) is 2.39. The molecule has 0 heterocycles. The number of aliphatic hydroxyl groups excluding tert-OH is 1. The summed E-state index contributed by atoms with van der Waals surface area (Å²) in [7, 11) is 1.56. The van der Waals surface area contributed by atoms with Crippen molar-refractivity contribution in [1.82, 2.24) is 0 Å². The molecule has 0 spiro atoms. The van der Waals surface area contributed by atoms with Crippen LogP contribution in [0.4, 0.5) is 10.1 Å². The summed E-state index contributed by atoms with van der Waals surface area (Å²) in [5.41, 5.74) is 0.570. The first-order valence-corrected chi connectivity index (χ1v) is 5.85. The fourth-order valence-electron chi connectivity index (χ4n) is 1.43. The Morgan fingerprint density at radius 3 is 2.95 bits per heavy atom. The zero-order valence-corrected chi connectivity index (χ0v) is 10.7. The molecule has 0 aliphatic rings. The van der Waals surface area contributed by atoms with Gasteiger partial charge in [-0.2, -0.15) is 0 Å². The van der Waals surface area contributed by atoms with Crippen LogP contribution in [0.1, 0.15) is 18.4 Å². The van der Waals surface area contributed by atoms with E-state index in [4.69, 9.17) is 9.84 Å². The SMILES string of the molecule is COCCCC(=O)Nc1ccc(C#CCO)cc1F. The Hall–Kier alpha value is -1.90. The van der Waals surface area contributed by atoms with Gasteiger partial charge in [-0.3, -0.25) is 4.79 Å². The third kappa shape index (κ3) is 5.51. The zero-order valence-electron chi connectivity index (χ0n) is 10.7. The minimum atomic E-state index is -0.551. The predicted molar refractivity (Wildman–Crippen MR) is 70.1 cm³/mol. The van der Waals surface area contributed by atoms with E-state index in [1.54, 1.807) is 13.2 Å². The maximum Gasteiger partial charge on any atom is 0.224 e. The molecule has 1 aromatic rings. The Kier molecular flexibility index (Phi) is 6.58. The van der Waals surface area contributed by atoms with Gasteiger partial charge in [-0.1, -0.05) is 11.8 Å². The first-order chi connectivity index (χ1) is 9.17. The van der Waals surface area contributed by atoms with Crippen LogP contribution in [0.25, 0.3) is 0 Å². The lowest BCUT2D eigenvalue weighted by molar-refractivity contribution is -0.116. The molecule has 0 unspecified atom stereocenters. The van der Waals surface area contributed by atoms with E-state index in [1.165, 1.54) is 12.1 Å². The van der Waals surface area contributed by atoms with E-state index in [-0.39, 0.29) is 24.6 Å². The standard InChI is InChI=1S/C14H16FNO3/c1-19-9-3-5-14(18)16-13-7-6-11(4-2-8-17)10-12(13)15/h6-7,10,17H,3,5,8-9H2,1H3,(H,16,18). The second-order valence-electron chi connectivity index (χ2n) is 3.80. The van der Waals surface area contributed by atoms with Gasteiger partial charge in [-0.05, 0) is 24.6 Å². The molecule has 1 aromatic carbocycles. The van der Waals surface area contributed by atoms with E-state index in [1.807, 2.05) is 0 Å². The fourth-order valence-corrected chi connectivity index (χ4v) is 1.43. The van der Waals surface area contributed by atoms with Crippen molar-refractivity contribution < 1.29 is 19.0 Å². The summed E-state index contributed by atoms with van der Waals surface area (Å²) in [5.74, 6) is 4.20. The molecule has 0 aliphatic carbocycles. The Labute approximate surface area is 111 Å². The topological polar surface area (TPSA) is 58.6 Å². The minimum absolute atomic E-state index is 0.122. The predicted octanol–water partition coefficient (Wildman–Crippen LogP) is 1.53. The summed E-state index contributed by atoms with van der Waals surface area (Å²) < 4.78 is 18.5. The van der Waals surface area contributed by atoms with Gasteiger partial charge in [-0.25, -0.2) is 4.39 Å². The fraction of sp³-hybridized carbons (Fsp3) is 0.357. The van der Waals surface area contributed by atoms with Crippen LogP contribution in [-0.4, -0.2) is 31.3 Å². The Morgan fingerprint density at radius 2 is 2.32 bits per heavy atom. The van der Waals surface area contributed by atoms with Crippen molar-refractivity contribution in [2.75, 3.05) is 25.6 Å². The molecule has 102 valence electrons. The Morgan fingerprint density at radius 1 is 1.53 bits per heavy atom. The lowest BCUT2D eigenvalue weighted by Crippen LogP contribution is -2.13. The number of methoxy groups -OCH3 is 1. The number of amides is 1. The number of nitrogens with one attached hydrogen (secondary N) is 1. The van der Waals surface area contributed by atoms with Crippen molar-refractivity contribution >= 4 is 11.6 Å². The summed E-state index contributed by atoms with van der Waals surface area (Å²) in [5, 5.41) is 11.0. The number of hydrogen-bond donors (Lipinski definition) is 2. The average molecular weight is 265 g/mol. The minimum Gasteiger partial charge on any atom is -0.385 e. The van der Waals surface area contributed by atoms with Crippen LogP contribution in [0.5, 0.6) is 0 Å². The third-order valence-corrected chi connectivity index (χ3v) is 2.31.